The minimum absolute atomic E-state index is 0.0454. The Labute approximate surface area is 274 Å². The van der Waals surface area contributed by atoms with Crippen LogP contribution in [0.5, 0.6) is 0 Å². The number of hydrogen-bond acceptors (Lipinski definition) is 1. The van der Waals surface area contributed by atoms with Gasteiger partial charge in [0.2, 0.25) is 0 Å². The highest BCUT2D eigenvalue weighted by Crippen LogP contribution is 2.47. The van der Waals surface area contributed by atoms with E-state index in [9.17, 15) is 2.74 Å². The lowest BCUT2D eigenvalue weighted by Gasteiger charge is -2.19. The van der Waals surface area contributed by atoms with Gasteiger partial charge in [-0.1, -0.05) is 139 Å². The van der Waals surface area contributed by atoms with Crippen molar-refractivity contribution in [3.8, 4) is 33.4 Å². The van der Waals surface area contributed by atoms with Gasteiger partial charge in [0.15, 0.2) is 0 Å². The molecule has 9 rings (SSSR count). The minimum atomic E-state index is -0.627. The van der Waals surface area contributed by atoms with Crippen LogP contribution in [0, 0.1) is 0 Å². The third-order valence-electron chi connectivity index (χ3n) is 7.62. The molecule has 0 saturated heterocycles. The smallest absolute Gasteiger partial charge is 0.136 e. The number of fused-ring (bicyclic) bond motifs is 6. The van der Waals surface area contributed by atoms with Crippen LogP contribution in [-0.2, 0) is 0 Å². The predicted octanol–water partition coefficient (Wildman–Crippen LogP) is 12.0. The highest BCUT2D eigenvalue weighted by atomic mass is 16.3. The number of furan rings is 1. The Morgan fingerprint density at radius 3 is 1.84 bits per heavy atom. The first kappa shape index (κ1) is 12.3. The van der Waals surface area contributed by atoms with Crippen molar-refractivity contribution < 1.29 is 29.1 Å². The van der Waals surface area contributed by atoms with E-state index in [1.807, 2.05) is 0 Å². The minimum Gasteiger partial charge on any atom is -0.456 e. The molecule has 1 heteroatoms. The lowest BCUT2D eigenvalue weighted by Crippen LogP contribution is -1.91. The zero-order valence-electron chi connectivity index (χ0n) is 40.0. The summed E-state index contributed by atoms with van der Waals surface area (Å²) in [5.41, 5.74) is -0.363. The molecule has 0 saturated carbocycles. The first-order valence-corrected chi connectivity index (χ1v) is 13.3. The van der Waals surface area contributed by atoms with Crippen LogP contribution >= 0.6 is 0 Å². The molecule has 0 N–H and O–H groups in total. The van der Waals surface area contributed by atoms with E-state index in [-0.39, 0.29) is 142 Å². The fraction of sp³-hybridized carbons (Fsp3) is 0. The van der Waals surface area contributed by atoms with Crippen molar-refractivity contribution in [1.29, 1.82) is 0 Å². The van der Waals surface area contributed by atoms with Gasteiger partial charge in [0.05, 0.1) is 24.7 Å². The molecule has 0 amide bonds. The number of para-hydroxylation sites is 1. The molecule has 8 aromatic carbocycles. The van der Waals surface area contributed by atoms with Crippen LogP contribution in [-0.4, -0.2) is 0 Å². The first-order chi connectivity index (χ1) is 28.7. The maximum atomic E-state index is 9.72. The Kier molecular flexibility index (Phi) is 2.70. The molecule has 1 aromatic heterocycles. The lowest BCUT2D eigenvalue weighted by atomic mass is 9.84. The molecular weight excluding hydrogens is 520 g/mol. The second-order valence-corrected chi connectivity index (χ2v) is 9.88. The topological polar surface area (TPSA) is 13.1 Å². The number of hydrogen-bond donors (Lipinski definition) is 0. The normalized spacial score (nSPS) is 17.6. The summed E-state index contributed by atoms with van der Waals surface area (Å²) in [6.07, 6.45) is 0. The van der Waals surface area contributed by atoms with Gasteiger partial charge in [-0.15, -0.1) is 0 Å². The van der Waals surface area contributed by atoms with Gasteiger partial charge in [-0.3, -0.25) is 0 Å². The Morgan fingerprint density at radius 2 is 1.02 bits per heavy atom. The van der Waals surface area contributed by atoms with Crippen molar-refractivity contribution >= 4 is 54.3 Å². The molecule has 0 unspecified atom stereocenters. The average Bonchev–Trinajstić information content (AvgIpc) is 3.61. The molecule has 0 spiro atoms. The van der Waals surface area contributed by atoms with Crippen molar-refractivity contribution in [2.45, 2.75) is 0 Å². The van der Waals surface area contributed by atoms with Crippen LogP contribution in [0.15, 0.2) is 162 Å². The monoisotopic (exact) mass is 564 g/mol. The summed E-state index contributed by atoms with van der Waals surface area (Å²) >= 11 is 0. The summed E-state index contributed by atoms with van der Waals surface area (Å²) in [6.45, 7) is 0. The van der Waals surface area contributed by atoms with E-state index in [1.54, 1.807) is 0 Å². The van der Waals surface area contributed by atoms with Crippen LogP contribution in [0.1, 0.15) is 24.7 Å². The van der Waals surface area contributed by atoms with Crippen molar-refractivity contribution in [3.63, 3.8) is 0 Å². The van der Waals surface area contributed by atoms with Gasteiger partial charge in [0.1, 0.15) is 11.2 Å². The molecule has 43 heavy (non-hydrogen) atoms. The van der Waals surface area contributed by atoms with Crippen LogP contribution in [0.2, 0.25) is 0 Å². The number of rotatable bonds is 3. The quantitative estimate of drug-likeness (QED) is 0.195. The molecule has 0 fully saturated rings. The zero-order chi connectivity index (χ0) is 44.0. The highest BCUT2D eigenvalue weighted by molar-refractivity contribution is 6.25. The van der Waals surface area contributed by atoms with E-state index in [2.05, 4.69) is 0 Å². The average molecular weight is 565 g/mol. The van der Waals surface area contributed by atoms with Gasteiger partial charge >= 0.3 is 0 Å². The summed E-state index contributed by atoms with van der Waals surface area (Å²) < 4.78 is 163. The summed E-state index contributed by atoms with van der Waals surface area (Å²) in [4.78, 5) is 0. The molecule has 0 aliphatic heterocycles. The predicted molar refractivity (Wildman–Crippen MR) is 183 cm³/mol. The number of benzene rings is 8. The van der Waals surface area contributed by atoms with Gasteiger partial charge in [0.25, 0.3) is 0 Å². The van der Waals surface area contributed by atoms with Gasteiger partial charge in [-0.2, -0.15) is 0 Å². The maximum absolute atomic E-state index is 9.72. The van der Waals surface area contributed by atoms with Crippen LogP contribution < -0.4 is 0 Å². The summed E-state index contributed by atoms with van der Waals surface area (Å²) in [5.74, 6) is 0. The second-order valence-electron chi connectivity index (χ2n) is 9.88. The Bertz CT molecular complexity index is 3450. The third kappa shape index (κ3) is 3.65. The van der Waals surface area contributed by atoms with E-state index in [1.165, 1.54) is 48.5 Å². The van der Waals surface area contributed by atoms with Gasteiger partial charge < -0.3 is 4.42 Å². The van der Waals surface area contributed by atoms with Gasteiger partial charge in [0, 0.05) is 10.8 Å². The molecule has 1 heterocycles. The molecule has 200 valence electrons. The van der Waals surface area contributed by atoms with E-state index in [0.29, 0.717) is 0 Å². The van der Waals surface area contributed by atoms with Gasteiger partial charge in [-0.05, 0) is 83.8 Å². The largest absolute Gasteiger partial charge is 0.456 e. The maximum Gasteiger partial charge on any atom is 0.136 e. The summed E-state index contributed by atoms with van der Waals surface area (Å²) in [7, 11) is 0. The highest BCUT2D eigenvalue weighted by Gasteiger charge is 2.20. The molecule has 0 atom stereocenters. The van der Waals surface area contributed by atoms with Crippen molar-refractivity contribution in [1.82, 2.24) is 0 Å². The van der Waals surface area contributed by atoms with Crippen LogP contribution in [0.25, 0.3) is 87.6 Å². The van der Waals surface area contributed by atoms with E-state index in [4.69, 9.17) is 26.3 Å². The Hall–Kier alpha value is -5.66. The fourth-order valence-corrected chi connectivity index (χ4v) is 5.83. The second kappa shape index (κ2) is 9.44. The SMILES string of the molecule is [2H]c1cc(-c2c3cc([2H])c([2H])cc3c(-c3c([2H])c([2H])c([2H])c4oc5c([2H])c([2H])c([2H])c([2H])c5c34)c3cc([2H])c([2H])cc23)c([2H])c(-c2cc([2H])c([2H])c3c([2H])c([2H])c([2H])cc23)c1. The van der Waals surface area contributed by atoms with Crippen LogP contribution in [0.4, 0.5) is 0 Å². The van der Waals surface area contributed by atoms with E-state index >= 15 is 0 Å². The van der Waals surface area contributed by atoms with Crippen LogP contribution in [0.3, 0.4) is 0 Å². The zero-order valence-corrected chi connectivity index (χ0v) is 22.0. The van der Waals surface area contributed by atoms with Crippen molar-refractivity contribution in [2.75, 3.05) is 0 Å². The lowest BCUT2D eigenvalue weighted by molar-refractivity contribution is 0.669. The summed E-state index contributed by atoms with van der Waals surface area (Å²) in [6, 6.07) is 2.89. The molecule has 1 nitrogen and oxygen atoms in total. The summed E-state index contributed by atoms with van der Waals surface area (Å²) in [5, 5.41) is 0.295. The first-order valence-electron chi connectivity index (χ1n) is 22.3. The Balaban J connectivity index is 1.50. The van der Waals surface area contributed by atoms with E-state index in [0.717, 1.165) is 0 Å². The molecule has 9 aromatic rings. The molecule has 0 aliphatic carbocycles. The third-order valence-corrected chi connectivity index (χ3v) is 7.62. The molecule has 0 bridgehead atoms. The van der Waals surface area contributed by atoms with Gasteiger partial charge in [-0.25, -0.2) is 0 Å². The Morgan fingerprint density at radius 1 is 0.395 bits per heavy atom. The molecule has 0 aliphatic rings. The van der Waals surface area contributed by atoms with Crippen molar-refractivity contribution in [3.05, 3.63) is 157 Å². The van der Waals surface area contributed by atoms with Crippen molar-refractivity contribution in [2.24, 2.45) is 0 Å². The molecular formula is C42H26O. The molecule has 0 radical (unpaired) electrons. The standard InChI is InChI=1S/C42H26O/c1-2-16-30-27(12-1)13-10-22-31(30)28-14-9-15-29(26-28)40-32-17-3-5-19-34(32)41(35-20-6-4-18-33(35)40)37-23-11-25-39-42(37)36-21-7-8-24-38(36)43-39/h1-26H/i1D,2D,3D,4D,5D,6D,7D,8D,9D,10D,11D,12D,13D,21D,23D,24D,25D,26D. The fourth-order valence-electron chi connectivity index (χ4n) is 5.83. The van der Waals surface area contributed by atoms with E-state index < -0.39 is 54.4 Å².